The van der Waals surface area contributed by atoms with E-state index < -0.39 is 10.0 Å². The number of sulfonamides is 1. The lowest BCUT2D eigenvalue weighted by Gasteiger charge is -2.17. The highest BCUT2D eigenvalue weighted by Crippen LogP contribution is 2.38. The summed E-state index contributed by atoms with van der Waals surface area (Å²) in [6.45, 7) is 3.87. The highest BCUT2D eigenvalue weighted by Gasteiger charge is 2.36. The second-order valence-electron chi connectivity index (χ2n) is 5.72. The molecule has 0 aliphatic heterocycles. The third kappa shape index (κ3) is 4.18. The average molecular weight is 312 g/mol. The molecule has 0 bridgehead atoms. The molecule has 6 heteroatoms. The summed E-state index contributed by atoms with van der Waals surface area (Å²) in [6, 6.07) is 6.58. The highest BCUT2D eigenvalue weighted by molar-refractivity contribution is 7.89. The number of nitrogens with zero attached hydrogens (tertiary/aromatic N) is 1. The molecule has 0 saturated heterocycles. The van der Waals surface area contributed by atoms with Crippen molar-refractivity contribution in [2.75, 3.05) is 26.7 Å². The van der Waals surface area contributed by atoms with Crippen LogP contribution in [0.25, 0.3) is 0 Å². The molecule has 1 aromatic carbocycles. The van der Waals surface area contributed by atoms with Gasteiger partial charge in [0, 0.05) is 13.6 Å². The second kappa shape index (κ2) is 6.77. The first-order valence-electron chi connectivity index (χ1n) is 7.34. The van der Waals surface area contributed by atoms with Crippen LogP contribution in [0.4, 0.5) is 0 Å². The number of nitrogens with two attached hydrogens (primary N) is 1. The van der Waals surface area contributed by atoms with Gasteiger partial charge in [-0.1, -0.05) is 6.92 Å². The van der Waals surface area contributed by atoms with E-state index >= 15 is 0 Å². The molecule has 0 aromatic heterocycles. The van der Waals surface area contributed by atoms with Crippen molar-refractivity contribution in [1.29, 1.82) is 0 Å². The van der Waals surface area contributed by atoms with Crippen molar-refractivity contribution in [3.05, 3.63) is 24.3 Å². The van der Waals surface area contributed by atoms with Gasteiger partial charge in [0.2, 0.25) is 10.0 Å². The van der Waals surface area contributed by atoms with E-state index in [0.29, 0.717) is 42.2 Å². The molecule has 118 valence electrons. The molecule has 1 aromatic rings. The zero-order valence-corrected chi connectivity index (χ0v) is 13.5. The van der Waals surface area contributed by atoms with Gasteiger partial charge in [0.25, 0.3) is 0 Å². The Morgan fingerprint density at radius 1 is 1.33 bits per heavy atom. The molecule has 1 saturated carbocycles. The van der Waals surface area contributed by atoms with Crippen LogP contribution >= 0.6 is 0 Å². The second-order valence-corrected chi connectivity index (χ2v) is 7.77. The normalized spacial score (nSPS) is 21.5. The van der Waals surface area contributed by atoms with E-state index in [1.165, 1.54) is 4.31 Å². The highest BCUT2D eigenvalue weighted by atomic mass is 32.2. The summed E-state index contributed by atoms with van der Waals surface area (Å²) in [5, 5.41) is 0. The van der Waals surface area contributed by atoms with E-state index in [0.717, 1.165) is 12.8 Å². The number of rotatable bonds is 8. The quantitative estimate of drug-likeness (QED) is 0.741. The molecule has 1 fully saturated rings. The smallest absolute Gasteiger partial charge is 0.242 e. The monoisotopic (exact) mass is 312 g/mol. The van der Waals surface area contributed by atoms with E-state index in [9.17, 15) is 8.42 Å². The molecule has 0 heterocycles. The van der Waals surface area contributed by atoms with Crippen molar-refractivity contribution in [3.63, 3.8) is 0 Å². The first-order chi connectivity index (χ1) is 9.95. The number of hydrogen-bond acceptors (Lipinski definition) is 4. The third-order valence-corrected chi connectivity index (χ3v) is 5.75. The van der Waals surface area contributed by atoms with Crippen molar-refractivity contribution in [2.24, 2.45) is 17.6 Å². The Morgan fingerprint density at radius 2 is 1.95 bits per heavy atom. The van der Waals surface area contributed by atoms with E-state index in [1.807, 2.05) is 0 Å². The minimum absolute atomic E-state index is 0.310. The number of hydrogen-bond donors (Lipinski definition) is 1. The third-order valence-electron chi connectivity index (χ3n) is 3.92. The van der Waals surface area contributed by atoms with E-state index in [2.05, 4.69) is 6.92 Å². The standard InChI is InChI=1S/C15H24N2O3S/c1-12-10-13(12)11-17(2)21(18,19)15-6-4-14(5-7-15)20-9-3-8-16/h4-7,12-13H,3,8-11,16H2,1-2H3. The summed E-state index contributed by atoms with van der Waals surface area (Å²) in [7, 11) is -1.76. The SMILES string of the molecule is CC1CC1CN(C)S(=O)(=O)c1ccc(OCCCN)cc1. The minimum Gasteiger partial charge on any atom is -0.494 e. The fourth-order valence-corrected chi connectivity index (χ4v) is 3.47. The maximum absolute atomic E-state index is 12.4. The van der Waals surface area contributed by atoms with Crippen LogP contribution < -0.4 is 10.5 Å². The Balaban J connectivity index is 1.99. The van der Waals surface area contributed by atoms with Gasteiger partial charge in [-0.2, -0.15) is 0 Å². The molecule has 5 nitrogen and oxygen atoms in total. The van der Waals surface area contributed by atoms with E-state index in [-0.39, 0.29) is 0 Å². The molecular weight excluding hydrogens is 288 g/mol. The van der Waals surface area contributed by atoms with E-state index in [1.54, 1.807) is 31.3 Å². The zero-order chi connectivity index (χ0) is 15.5. The van der Waals surface area contributed by atoms with Crippen LogP contribution in [0.2, 0.25) is 0 Å². The average Bonchev–Trinajstić information content (AvgIpc) is 3.15. The Kier molecular flexibility index (Phi) is 5.24. The topological polar surface area (TPSA) is 72.6 Å². The predicted molar refractivity (Wildman–Crippen MR) is 82.7 cm³/mol. The van der Waals surface area contributed by atoms with Gasteiger partial charge in [0.05, 0.1) is 11.5 Å². The van der Waals surface area contributed by atoms with Crippen LogP contribution in [0, 0.1) is 11.8 Å². The van der Waals surface area contributed by atoms with Gasteiger partial charge in [-0.15, -0.1) is 0 Å². The minimum atomic E-state index is -3.40. The van der Waals surface area contributed by atoms with Gasteiger partial charge in [-0.05, 0) is 55.5 Å². The summed E-state index contributed by atoms with van der Waals surface area (Å²) in [5.74, 6) is 1.81. The molecule has 2 rings (SSSR count). The van der Waals surface area contributed by atoms with Gasteiger partial charge in [-0.3, -0.25) is 0 Å². The molecule has 2 atom stereocenters. The van der Waals surface area contributed by atoms with Crippen molar-refractivity contribution < 1.29 is 13.2 Å². The summed E-state index contributed by atoms with van der Waals surface area (Å²) >= 11 is 0. The Labute approximate surface area is 127 Å². The molecule has 0 radical (unpaired) electrons. The molecule has 1 aliphatic rings. The Morgan fingerprint density at radius 3 is 2.48 bits per heavy atom. The van der Waals surface area contributed by atoms with Crippen LogP contribution in [-0.2, 0) is 10.0 Å². The van der Waals surface area contributed by atoms with Crippen molar-refractivity contribution in [3.8, 4) is 5.75 Å². The van der Waals surface area contributed by atoms with Crippen LogP contribution in [0.1, 0.15) is 19.8 Å². The van der Waals surface area contributed by atoms with Gasteiger partial charge in [0.1, 0.15) is 5.75 Å². The Hall–Kier alpha value is -1.11. The van der Waals surface area contributed by atoms with Gasteiger partial charge in [-0.25, -0.2) is 12.7 Å². The maximum atomic E-state index is 12.4. The lowest BCUT2D eigenvalue weighted by Crippen LogP contribution is -2.29. The summed E-state index contributed by atoms with van der Waals surface area (Å²) < 4.78 is 31.8. The summed E-state index contributed by atoms with van der Waals surface area (Å²) in [4.78, 5) is 0.310. The van der Waals surface area contributed by atoms with Crippen molar-refractivity contribution >= 4 is 10.0 Å². The first-order valence-corrected chi connectivity index (χ1v) is 8.78. The van der Waals surface area contributed by atoms with Crippen LogP contribution in [0.15, 0.2) is 29.2 Å². The van der Waals surface area contributed by atoms with Gasteiger partial charge >= 0.3 is 0 Å². The fraction of sp³-hybridized carbons (Fsp3) is 0.600. The number of benzene rings is 1. The maximum Gasteiger partial charge on any atom is 0.242 e. The van der Waals surface area contributed by atoms with Crippen LogP contribution in [0.5, 0.6) is 5.75 Å². The molecule has 1 aliphatic carbocycles. The molecule has 0 spiro atoms. The largest absolute Gasteiger partial charge is 0.494 e. The van der Waals surface area contributed by atoms with Crippen molar-refractivity contribution in [2.45, 2.75) is 24.7 Å². The molecular formula is C15H24N2O3S. The van der Waals surface area contributed by atoms with Crippen molar-refractivity contribution in [1.82, 2.24) is 4.31 Å². The summed E-state index contributed by atoms with van der Waals surface area (Å²) in [6.07, 6.45) is 1.90. The first kappa shape index (κ1) is 16.3. The van der Waals surface area contributed by atoms with Gasteiger partial charge < -0.3 is 10.5 Å². The van der Waals surface area contributed by atoms with E-state index in [4.69, 9.17) is 10.5 Å². The van der Waals surface area contributed by atoms with Gasteiger partial charge in [0.15, 0.2) is 0 Å². The lowest BCUT2D eigenvalue weighted by atomic mass is 10.3. The van der Waals surface area contributed by atoms with Crippen LogP contribution in [0.3, 0.4) is 0 Å². The van der Waals surface area contributed by atoms with Crippen LogP contribution in [-0.4, -0.2) is 39.5 Å². The molecule has 0 amide bonds. The molecule has 2 unspecified atom stereocenters. The number of ether oxygens (including phenoxy) is 1. The zero-order valence-electron chi connectivity index (χ0n) is 12.7. The molecule has 2 N–H and O–H groups in total. The molecule has 21 heavy (non-hydrogen) atoms. The fourth-order valence-electron chi connectivity index (χ4n) is 2.24. The predicted octanol–water partition coefficient (Wildman–Crippen LogP) is 1.69. The summed E-state index contributed by atoms with van der Waals surface area (Å²) in [5.41, 5.74) is 5.40. The lowest BCUT2D eigenvalue weighted by molar-refractivity contribution is 0.313. The Bertz CT molecular complexity index is 557.